The largest absolute Gasteiger partial charge is 0.381 e. The van der Waals surface area contributed by atoms with Gasteiger partial charge in [0.05, 0.1) is 6.61 Å². The summed E-state index contributed by atoms with van der Waals surface area (Å²) in [6, 6.07) is 9.46. The molecule has 1 aliphatic rings. The molecule has 1 aromatic carbocycles. The zero-order valence-electron chi connectivity index (χ0n) is 10.4. The van der Waals surface area contributed by atoms with Crippen molar-refractivity contribution in [2.45, 2.75) is 32.4 Å². The molecule has 0 bridgehead atoms. The van der Waals surface area contributed by atoms with Crippen LogP contribution in [0.25, 0.3) is 0 Å². The maximum atomic E-state index is 5.47. The lowest BCUT2D eigenvalue weighted by molar-refractivity contribution is 0.0363. The molecule has 0 radical (unpaired) electrons. The third kappa shape index (κ3) is 3.54. The first-order valence-electron chi connectivity index (χ1n) is 6.26. The first-order valence-corrected chi connectivity index (χ1v) is 7.05. The number of hydrogen-bond donors (Lipinski definition) is 1. The molecule has 0 amide bonds. The Bertz CT molecular complexity index is 369. The molecule has 94 valence electrons. The van der Waals surface area contributed by atoms with E-state index >= 15 is 0 Å². The predicted molar refractivity (Wildman–Crippen MR) is 74.1 cm³/mol. The molecule has 1 N–H and O–H groups in total. The molecule has 0 spiro atoms. The van der Waals surface area contributed by atoms with Crippen LogP contribution in [0.4, 0.5) is 0 Å². The van der Waals surface area contributed by atoms with Crippen molar-refractivity contribution in [3.8, 4) is 0 Å². The molecule has 17 heavy (non-hydrogen) atoms. The van der Waals surface area contributed by atoms with E-state index in [4.69, 9.17) is 4.74 Å². The Morgan fingerprint density at radius 2 is 2.29 bits per heavy atom. The van der Waals surface area contributed by atoms with Gasteiger partial charge in [-0.1, -0.05) is 35.0 Å². The summed E-state index contributed by atoms with van der Waals surface area (Å²) < 4.78 is 6.61. The molecule has 1 heterocycles. The Balaban J connectivity index is 1.98. The van der Waals surface area contributed by atoms with Gasteiger partial charge in [0.1, 0.15) is 0 Å². The third-order valence-corrected chi connectivity index (χ3v) is 3.95. The fourth-order valence-corrected chi connectivity index (χ4v) is 2.74. The molecule has 0 aromatic heterocycles. The SMILES string of the molecule is CC(NC1CCOCC1C)c1cccc(Br)c1. The maximum absolute atomic E-state index is 5.47. The lowest BCUT2D eigenvalue weighted by Crippen LogP contribution is -2.42. The zero-order chi connectivity index (χ0) is 12.3. The van der Waals surface area contributed by atoms with E-state index in [1.807, 2.05) is 0 Å². The molecule has 1 saturated heterocycles. The molecule has 2 rings (SSSR count). The lowest BCUT2D eigenvalue weighted by atomic mass is 9.96. The molecule has 2 nitrogen and oxygen atoms in total. The average molecular weight is 298 g/mol. The minimum absolute atomic E-state index is 0.387. The molecule has 3 unspecified atom stereocenters. The predicted octanol–water partition coefficient (Wildman–Crippen LogP) is 3.52. The maximum Gasteiger partial charge on any atom is 0.0506 e. The van der Waals surface area contributed by atoms with Crippen LogP contribution in [0.15, 0.2) is 28.7 Å². The molecule has 1 aromatic rings. The van der Waals surface area contributed by atoms with E-state index in [-0.39, 0.29) is 0 Å². The van der Waals surface area contributed by atoms with Gasteiger partial charge in [-0.15, -0.1) is 0 Å². The molecule has 0 saturated carbocycles. The quantitative estimate of drug-likeness (QED) is 0.922. The number of rotatable bonds is 3. The van der Waals surface area contributed by atoms with Crippen molar-refractivity contribution in [3.05, 3.63) is 34.3 Å². The fourth-order valence-electron chi connectivity index (χ4n) is 2.32. The van der Waals surface area contributed by atoms with E-state index in [2.05, 4.69) is 59.4 Å². The van der Waals surface area contributed by atoms with Gasteiger partial charge in [-0.3, -0.25) is 0 Å². The van der Waals surface area contributed by atoms with Crippen molar-refractivity contribution in [2.24, 2.45) is 5.92 Å². The van der Waals surface area contributed by atoms with Gasteiger partial charge in [0.2, 0.25) is 0 Å². The topological polar surface area (TPSA) is 21.3 Å². The van der Waals surface area contributed by atoms with Crippen LogP contribution in [0.2, 0.25) is 0 Å². The van der Waals surface area contributed by atoms with Crippen molar-refractivity contribution in [1.29, 1.82) is 0 Å². The summed E-state index contributed by atoms with van der Waals surface area (Å²) in [4.78, 5) is 0. The monoisotopic (exact) mass is 297 g/mol. The summed E-state index contributed by atoms with van der Waals surface area (Å²) >= 11 is 3.52. The Kier molecular flexibility index (Phi) is 4.60. The normalized spacial score (nSPS) is 26.8. The summed E-state index contributed by atoms with van der Waals surface area (Å²) in [5, 5.41) is 3.71. The Hall–Kier alpha value is -0.380. The van der Waals surface area contributed by atoms with Crippen LogP contribution in [0.5, 0.6) is 0 Å². The highest BCUT2D eigenvalue weighted by Crippen LogP contribution is 2.21. The Morgan fingerprint density at radius 1 is 1.47 bits per heavy atom. The molecule has 0 aliphatic carbocycles. The van der Waals surface area contributed by atoms with E-state index < -0.39 is 0 Å². The van der Waals surface area contributed by atoms with Gasteiger partial charge in [-0.25, -0.2) is 0 Å². The summed E-state index contributed by atoms with van der Waals surface area (Å²) in [7, 11) is 0. The highest BCUT2D eigenvalue weighted by Gasteiger charge is 2.23. The molecule has 3 heteroatoms. The van der Waals surface area contributed by atoms with Crippen LogP contribution in [0, 0.1) is 5.92 Å². The highest BCUT2D eigenvalue weighted by atomic mass is 79.9. The highest BCUT2D eigenvalue weighted by molar-refractivity contribution is 9.10. The van der Waals surface area contributed by atoms with Crippen molar-refractivity contribution in [1.82, 2.24) is 5.32 Å². The fraction of sp³-hybridized carbons (Fsp3) is 0.571. The standard InChI is InChI=1S/C14H20BrNO/c1-10-9-17-7-6-14(10)16-11(2)12-4-3-5-13(15)8-12/h3-5,8,10-11,14,16H,6-7,9H2,1-2H3. The molecule has 1 fully saturated rings. The average Bonchev–Trinajstić information content (AvgIpc) is 2.32. The molecular formula is C14H20BrNO. The zero-order valence-corrected chi connectivity index (χ0v) is 12.0. The van der Waals surface area contributed by atoms with Gasteiger partial charge < -0.3 is 10.1 Å². The molecule has 3 atom stereocenters. The van der Waals surface area contributed by atoms with Gasteiger partial charge in [0, 0.05) is 23.2 Å². The van der Waals surface area contributed by atoms with E-state index in [1.54, 1.807) is 0 Å². The number of benzene rings is 1. The van der Waals surface area contributed by atoms with Crippen molar-refractivity contribution >= 4 is 15.9 Å². The van der Waals surface area contributed by atoms with Gasteiger partial charge in [0.15, 0.2) is 0 Å². The van der Waals surface area contributed by atoms with Crippen LogP contribution in [-0.4, -0.2) is 19.3 Å². The van der Waals surface area contributed by atoms with Gasteiger partial charge in [0.25, 0.3) is 0 Å². The van der Waals surface area contributed by atoms with Crippen LogP contribution < -0.4 is 5.32 Å². The second kappa shape index (κ2) is 5.98. The van der Waals surface area contributed by atoms with E-state index in [0.717, 1.165) is 24.1 Å². The van der Waals surface area contributed by atoms with Gasteiger partial charge >= 0.3 is 0 Å². The van der Waals surface area contributed by atoms with E-state index in [9.17, 15) is 0 Å². The lowest BCUT2D eigenvalue weighted by Gasteiger charge is -2.32. The summed E-state index contributed by atoms with van der Waals surface area (Å²) in [6.45, 7) is 6.24. The molecule has 1 aliphatic heterocycles. The van der Waals surface area contributed by atoms with Crippen LogP contribution in [0.3, 0.4) is 0 Å². The number of halogens is 1. The summed E-state index contributed by atoms with van der Waals surface area (Å²) in [6.07, 6.45) is 1.11. The van der Waals surface area contributed by atoms with Crippen molar-refractivity contribution in [2.75, 3.05) is 13.2 Å². The van der Waals surface area contributed by atoms with E-state index in [0.29, 0.717) is 18.0 Å². The minimum Gasteiger partial charge on any atom is -0.381 e. The number of nitrogens with one attached hydrogen (secondary N) is 1. The first kappa shape index (κ1) is 13.1. The third-order valence-electron chi connectivity index (χ3n) is 3.45. The van der Waals surface area contributed by atoms with Gasteiger partial charge in [-0.05, 0) is 37.0 Å². The van der Waals surface area contributed by atoms with Crippen LogP contribution in [-0.2, 0) is 4.74 Å². The summed E-state index contributed by atoms with van der Waals surface area (Å²) in [5.41, 5.74) is 1.33. The second-order valence-corrected chi connectivity index (χ2v) is 5.81. The summed E-state index contributed by atoms with van der Waals surface area (Å²) in [5.74, 6) is 0.596. The van der Waals surface area contributed by atoms with Crippen molar-refractivity contribution < 1.29 is 4.74 Å². The van der Waals surface area contributed by atoms with Crippen LogP contribution in [0.1, 0.15) is 31.9 Å². The Labute approximate surface area is 112 Å². The number of ether oxygens (including phenoxy) is 1. The second-order valence-electron chi connectivity index (χ2n) is 4.89. The van der Waals surface area contributed by atoms with Crippen LogP contribution >= 0.6 is 15.9 Å². The van der Waals surface area contributed by atoms with Crippen molar-refractivity contribution in [3.63, 3.8) is 0 Å². The minimum atomic E-state index is 0.387. The first-order chi connectivity index (χ1) is 8.16. The molecular weight excluding hydrogens is 278 g/mol. The Morgan fingerprint density at radius 3 is 3.00 bits per heavy atom. The van der Waals surface area contributed by atoms with E-state index in [1.165, 1.54) is 5.56 Å². The van der Waals surface area contributed by atoms with Gasteiger partial charge in [-0.2, -0.15) is 0 Å². The number of hydrogen-bond acceptors (Lipinski definition) is 2. The smallest absolute Gasteiger partial charge is 0.0506 e.